The number of fused-ring (bicyclic) bond motifs is 2. The molecule has 0 bridgehead atoms. The van der Waals surface area contributed by atoms with E-state index in [-0.39, 0.29) is 5.56 Å². The number of aromatic amines is 1. The second-order valence-corrected chi connectivity index (χ2v) is 7.33. The maximum absolute atomic E-state index is 12.4. The molecule has 7 heteroatoms. The van der Waals surface area contributed by atoms with Crippen molar-refractivity contribution in [3.8, 4) is 22.5 Å². The van der Waals surface area contributed by atoms with Gasteiger partial charge in [-0.25, -0.2) is 0 Å². The van der Waals surface area contributed by atoms with E-state index in [1.54, 1.807) is 24.3 Å². The summed E-state index contributed by atoms with van der Waals surface area (Å²) >= 11 is 0. The van der Waals surface area contributed by atoms with Crippen molar-refractivity contribution >= 4 is 16.8 Å². The van der Waals surface area contributed by atoms with Gasteiger partial charge in [-0.15, -0.1) is 0 Å². The van der Waals surface area contributed by atoms with Crippen LogP contribution in [-0.4, -0.2) is 25.7 Å². The van der Waals surface area contributed by atoms with E-state index in [1.165, 1.54) is 0 Å². The highest BCUT2D eigenvalue weighted by molar-refractivity contribution is 6.03. The fourth-order valence-corrected chi connectivity index (χ4v) is 4.08. The van der Waals surface area contributed by atoms with Crippen LogP contribution in [0.3, 0.4) is 0 Å². The van der Waals surface area contributed by atoms with Crippen molar-refractivity contribution in [3.05, 3.63) is 69.8 Å². The van der Waals surface area contributed by atoms with Crippen molar-refractivity contribution in [2.75, 3.05) is 0 Å². The van der Waals surface area contributed by atoms with Crippen LogP contribution in [0, 0.1) is 6.92 Å². The molecule has 1 aromatic carbocycles. The number of hydrogen-bond acceptors (Lipinski definition) is 4. The number of rotatable bonds is 3. The molecule has 0 spiro atoms. The Morgan fingerprint density at radius 3 is 2.86 bits per heavy atom. The number of amides is 1. The van der Waals surface area contributed by atoms with Crippen molar-refractivity contribution in [1.29, 1.82) is 0 Å². The number of hydrogen-bond donors (Lipinski definition) is 2. The van der Waals surface area contributed by atoms with Crippen LogP contribution in [0.2, 0.25) is 0 Å². The van der Waals surface area contributed by atoms with Crippen LogP contribution >= 0.6 is 0 Å². The first-order valence-corrected chi connectivity index (χ1v) is 9.52. The third kappa shape index (κ3) is 2.82. The van der Waals surface area contributed by atoms with Gasteiger partial charge in [-0.2, -0.15) is 5.10 Å². The van der Waals surface area contributed by atoms with Crippen LogP contribution in [0.1, 0.15) is 28.2 Å². The van der Waals surface area contributed by atoms with Crippen LogP contribution in [0.5, 0.6) is 0 Å². The molecule has 144 valence electrons. The Kier molecular flexibility index (Phi) is 3.84. The predicted octanol–water partition coefficient (Wildman–Crippen LogP) is 2.81. The zero-order chi connectivity index (χ0) is 20.1. The van der Waals surface area contributed by atoms with E-state index < -0.39 is 5.91 Å². The van der Waals surface area contributed by atoms with E-state index in [9.17, 15) is 9.59 Å². The highest BCUT2D eigenvalue weighted by atomic mass is 16.1. The van der Waals surface area contributed by atoms with Gasteiger partial charge in [-0.3, -0.25) is 19.3 Å². The van der Waals surface area contributed by atoms with Gasteiger partial charge in [-0.05, 0) is 50.1 Å². The van der Waals surface area contributed by atoms with Crippen molar-refractivity contribution < 1.29 is 4.79 Å². The van der Waals surface area contributed by atoms with E-state index in [0.717, 1.165) is 58.7 Å². The second-order valence-electron chi connectivity index (χ2n) is 7.33. The highest BCUT2D eigenvalue weighted by Crippen LogP contribution is 2.39. The van der Waals surface area contributed by atoms with E-state index in [4.69, 9.17) is 10.8 Å². The minimum Gasteiger partial charge on any atom is -0.366 e. The smallest absolute Gasteiger partial charge is 0.249 e. The normalized spacial score (nSPS) is 13.0. The summed E-state index contributed by atoms with van der Waals surface area (Å²) in [5, 5.41) is 5.58. The molecule has 5 rings (SSSR count). The molecule has 0 fully saturated rings. The lowest BCUT2D eigenvalue weighted by Gasteiger charge is -2.10. The van der Waals surface area contributed by atoms with E-state index >= 15 is 0 Å². The first-order valence-electron chi connectivity index (χ1n) is 9.52. The van der Waals surface area contributed by atoms with E-state index in [1.807, 2.05) is 29.8 Å². The summed E-state index contributed by atoms with van der Waals surface area (Å²) in [6.45, 7) is 2.77. The third-order valence-corrected chi connectivity index (χ3v) is 5.37. The number of nitrogens with zero attached hydrogens (tertiary/aromatic N) is 3. The molecule has 3 N–H and O–H groups in total. The number of carbonyl (C=O) groups excluding carboxylic acids is 1. The van der Waals surface area contributed by atoms with Crippen LogP contribution in [-0.2, 0) is 13.0 Å². The lowest BCUT2D eigenvalue weighted by Crippen LogP contribution is -2.11. The van der Waals surface area contributed by atoms with Gasteiger partial charge in [0.15, 0.2) is 0 Å². The summed E-state index contributed by atoms with van der Waals surface area (Å²) in [6.07, 6.45) is 1.88. The third-order valence-electron chi connectivity index (χ3n) is 5.37. The summed E-state index contributed by atoms with van der Waals surface area (Å²) in [5.41, 5.74) is 11.5. The molecule has 0 aliphatic carbocycles. The number of aromatic nitrogens is 4. The number of benzene rings is 1. The summed E-state index contributed by atoms with van der Waals surface area (Å²) in [4.78, 5) is 31.7. The van der Waals surface area contributed by atoms with Gasteiger partial charge in [-0.1, -0.05) is 6.07 Å². The van der Waals surface area contributed by atoms with Gasteiger partial charge in [0.05, 0.1) is 5.69 Å². The molecule has 1 amide bonds. The number of aryl methyl sites for hydroxylation is 2. The van der Waals surface area contributed by atoms with Crippen molar-refractivity contribution in [2.24, 2.45) is 5.73 Å². The Labute approximate surface area is 166 Å². The maximum Gasteiger partial charge on any atom is 0.249 e. The topological polar surface area (TPSA) is 107 Å². The number of H-pyrrole nitrogens is 1. The van der Waals surface area contributed by atoms with Crippen LogP contribution in [0.4, 0.5) is 0 Å². The number of nitrogens with two attached hydrogens (primary N) is 1. The summed E-state index contributed by atoms with van der Waals surface area (Å²) < 4.78 is 2.00. The Hall–Kier alpha value is -3.74. The molecule has 1 aliphatic heterocycles. The summed E-state index contributed by atoms with van der Waals surface area (Å²) in [7, 11) is 0. The van der Waals surface area contributed by atoms with Gasteiger partial charge in [0.2, 0.25) is 11.5 Å². The number of pyridine rings is 2. The molecule has 0 unspecified atom stereocenters. The standard InChI is InChI=1S/C22H19N5O2/c1-12-4-2-5-17(24-12)21-20(18-6-3-9-27(18)26-21)15-11-19(28)25-16-8-7-13(22(23)29)10-14(15)16/h2,4-5,7-8,10-11H,3,6,9H2,1H3,(H2,23,29)(H,25,28). The number of primary amides is 1. The number of nitrogens with one attached hydrogen (secondary N) is 1. The Balaban J connectivity index is 1.87. The summed E-state index contributed by atoms with van der Waals surface area (Å²) in [5.74, 6) is -0.509. The zero-order valence-electron chi connectivity index (χ0n) is 15.9. The molecule has 7 nitrogen and oxygen atoms in total. The van der Waals surface area contributed by atoms with Crippen molar-refractivity contribution in [3.63, 3.8) is 0 Å². The first-order chi connectivity index (χ1) is 14.0. The fourth-order valence-electron chi connectivity index (χ4n) is 4.08. The van der Waals surface area contributed by atoms with Crippen LogP contribution in [0.25, 0.3) is 33.4 Å². The molecule has 0 radical (unpaired) electrons. The quantitative estimate of drug-likeness (QED) is 0.565. The second kappa shape index (κ2) is 6.41. The van der Waals surface area contributed by atoms with Crippen LogP contribution < -0.4 is 11.3 Å². The van der Waals surface area contributed by atoms with E-state index in [2.05, 4.69) is 9.97 Å². The monoisotopic (exact) mass is 385 g/mol. The maximum atomic E-state index is 12.4. The van der Waals surface area contributed by atoms with Crippen molar-refractivity contribution in [1.82, 2.24) is 19.7 Å². The number of carbonyl (C=O) groups is 1. The molecule has 0 saturated carbocycles. The van der Waals surface area contributed by atoms with Crippen molar-refractivity contribution in [2.45, 2.75) is 26.3 Å². The Morgan fingerprint density at radius 1 is 1.21 bits per heavy atom. The summed E-state index contributed by atoms with van der Waals surface area (Å²) in [6, 6.07) is 12.5. The average Bonchev–Trinajstić information content (AvgIpc) is 3.28. The molecule has 29 heavy (non-hydrogen) atoms. The van der Waals surface area contributed by atoms with Gasteiger partial charge >= 0.3 is 0 Å². The molecular weight excluding hydrogens is 366 g/mol. The zero-order valence-corrected chi connectivity index (χ0v) is 15.9. The molecular formula is C22H19N5O2. The Morgan fingerprint density at radius 2 is 2.07 bits per heavy atom. The minimum atomic E-state index is -0.509. The van der Waals surface area contributed by atoms with Gasteiger partial charge in [0.1, 0.15) is 5.69 Å². The lowest BCUT2D eigenvalue weighted by atomic mass is 9.95. The molecule has 0 saturated heterocycles. The largest absolute Gasteiger partial charge is 0.366 e. The van der Waals surface area contributed by atoms with Gasteiger partial charge in [0, 0.05) is 51.6 Å². The fraction of sp³-hybridized carbons (Fsp3) is 0.182. The molecule has 1 aliphatic rings. The van der Waals surface area contributed by atoms with Crippen LogP contribution in [0.15, 0.2) is 47.3 Å². The highest BCUT2D eigenvalue weighted by Gasteiger charge is 2.26. The molecule has 0 atom stereocenters. The van der Waals surface area contributed by atoms with E-state index in [0.29, 0.717) is 11.1 Å². The SMILES string of the molecule is Cc1cccc(-c2nn3c(c2-c2cc(=O)[nH]c4ccc(C(N)=O)cc24)CCC3)n1. The molecule has 4 heterocycles. The average molecular weight is 385 g/mol. The minimum absolute atomic E-state index is 0.208. The Bertz CT molecular complexity index is 1350. The van der Waals surface area contributed by atoms with Gasteiger partial charge in [0.25, 0.3) is 0 Å². The molecule has 3 aromatic heterocycles. The van der Waals surface area contributed by atoms with Gasteiger partial charge < -0.3 is 10.7 Å². The predicted molar refractivity (Wildman–Crippen MR) is 111 cm³/mol. The first kappa shape index (κ1) is 17.4. The lowest BCUT2D eigenvalue weighted by molar-refractivity contribution is 0.100. The molecule has 4 aromatic rings.